The number of carbonyl (C=O) groups is 1. The van der Waals surface area contributed by atoms with Gasteiger partial charge < -0.3 is 4.57 Å². The Hall–Kier alpha value is -3.73. The van der Waals surface area contributed by atoms with Gasteiger partial charge in [0.2, 0.25) is 0 Å². The summed E-state index contributed by atoms with van der Waals surface area (Å²) in [7, 11) is 0. The van der Waals surface area contributed by atoms with E-state index in [1.807, 2.05) is 12.1 Å². The molecule has 0 radical (unpaired) electrons. The SMILES string of the molecule is Cc1cccc(Cn2cc(/C=N\NC(=O)c3cccnc3)c3ccccc32)c1. The van der Waals surface area contributed by atoms with Crippen molar-refractivity contribution in [1.29, 1.82) is 0 Å². The normalized spacial score (nSPS) is 11.2. The van der Waals surface area contributed by atoms with Crippen molar-refractivity contribution in [2.24, 2.45) is 5.10 Å². The first-order valence-corrected chi connectivity index (χ1v) is 9.07. The number of nitrogens with one attached hydrogen (secondary N) is 1. The predicted octanol–water partition coefficient (Wildman–Crippen LogP) is 4.16. The number of aryl methyl sites for hydroxylation is 1. The van der Waals surface area contributed by atoms with E-state index in [1.165, 1.54) is 17.3 Å². The number of carbonyl (C=O) groups excluding carboxylic acids is 1. The van der Waals surface area contributed by atoms with Crippen LogP contribution in [0.3, 0.4) is 0 Å². The number of benzene rings is 2. The van der Waals surface area contributed by atoms with Gasteiger partial charge in [0.1, 0.15) is 0 Å². The number of para-hydroxylation sites is 1. The van der Waals surface area contributed by atoms with Crippen molar-refractivity contribution in [2.45, 2.75) is 13.5 Å². The first-order chi connectivity index (χ1) is 13.7. The van der Waals surface area contributed by atoms with Crippen LogP contribution < -0.4 is 5.43 Å². The molecule has 138 valence electrons. The minimum absolute atomic E-state index is 0.284. The Kier molecular flexibility index (Phi) is 4.97. The standard InChI is InChI=1S/C23H20N4O/c1-17-6-4-7-18(12-17)15-27-16-20(21-9-2-3-10-22(21)27)14-25-26-23(28)19-8-5-11-24-13-19/h2-14,16H,15H2,1H3,(H,26,28)/b25-14-. The number of hydrogen-bond acceptors (Lipinski definition) is 3. The van der Waals surface area contributed by atoms with Gasteiger partial charge in [-0.2, -0.15) is 5.10 Å². The summed E-state index contributed by atoms with van der Waals surface area (Å²) < 4.78 is 2.20. The van der Waals surface area contributed by atoms with Gasteiger partial charge in [-0.3, -0.25) is 9.78 Å². The van der Waals surface area contributed by atoms with Crippen LogP contribution in [-0.4, -0.2) is 21.7 Å². The van der Waals surface area contributed by atoms with E-state index in [0.29, 0.717) is 5.56 Å². The third kappa shape index (κ3) is 3.83. The first-order valence-electron chi connectivity index (χ1n) is 9.07. The van der Waals surface area contributed by atoms with Crippen molar-refractivity contribution in [3.8, 4) is 0 Å². The third-order valence-corrected chi connectivity index (χ3v) is 4.55. The van der Waals surface area contributed by atoms with Crippen LogP contribution in [0.15, 0.2) is 84.4 Å². The topological polar surface area (TPSA) is 59.3 Å². The monoisotopic (exact) mass is 368 g/mol. The highest BCUT2D eigenvalue weighted by Crippen LogP contribution is 2.21. The first kappa shape index (κ1) is 17.7. The summed E-state index contributed by atoms with van der Waals surface area (Å²) in [5, 5.41) is 5.23. The number of hydrazone groups is 1. The summed E-state index contributed by atoms with van der Waals surface area (Å²) in [6.07, 6.45) is 6.89. The molecule has 5 heteroatoms. The van der Waals surface area contributed by atoms with E-state index >= 15 is 0 Å². The molecule has 0 saturated heterocycles. The zero-order valence-corrected chi connectivity index (χ0v) is 15.5. The molecule has 0 bridgehead atoms. The van der Waals surface area contributed by atoms with Gasteiger partial charge in [-0.05, 0) is 30.7 Å². The largest absolute Gasteiger partial charge is 0.342 e. The number of nitrogens with zero attached hydrogens (tertiary/aromatic N) is 3. The van der Waals surface area contributed by atoms with Crippen LogP contribution >= 0.6 is 0 Å². The van der Waals surface area contributed by atoms with Crippen molar-refractivity contribution in [3.05, 3.63) is 102 Å². The molecule has 0 atom stereocenters. The lowest BCUT2D eigenvalue weighted by molar-refractivity contribution is 0.0955. The Balaban J connectivity index is 1.58. The molecule has 1 amide bonds. The highest BCUT2D eigenvalue weighted by Gasteiger charge is 2.08. The van der Waals surface area contributed by atoms with Gasteiger partial charge in [0.15, 0.2) is 0 Å². The van der Waals surface area contributed by atoms with Gasteiger partial charge in [0.25, 0.3) is 5.91 Å². The second-order valence-corrected chi connectivity index (χ2v) is 6.66. The summed E-state index contributed by atoms with van der Waals surface area (Å²) >= 11 is 0. The predicted molar refractivity (Wildman–Crippen MR) is 112 cm³/mol. The molecular weight excluding hydrogens is 348 g/mol. The maximum absolute atomic E-state index is 12.1. The molecular formula is C23H20N4O. The fourth-order valence-corrected chi connectivity index (χ4v) is 3.24. The van der Waals surface area contributed by atoms with Crippen LogP contribution in [0.2, 0.25) is 0 Å². The zero-order chi connectivity index (χ0) is 19.3. The molecule has 0 spiro atoms. The van der Waals surface area contributed by atoms with E-state index in [-0.39, 0.29) is 5.91 Å². The number of pyridine rings is 1. The van der Waals surface area contributed by atoms with E-state index in [2.05, 4.69) is 69.6 Å². The van der Waals surface area contributed by atoms with Gasteiger partial charge in [-0.15, -0.1) is 0 Å². The zero-order valence-electron chi connectivity index (χ0n) is 15.5. The number of fused-ring (bicyclic) bond motifs is 1. The molecule has 4 rings (SSSR count). The average Bonchev–Trinajstić information content (AvgIpc) is 3.06. The Morgan fingerprint density at radius 2 is 2.04 bits per heavy atom. The van der Waals surface area contributed by atoms with Crippen LogP contribution in [0.5, 0.6) is 0 Å². The molecule has 1 N–H and O–H groups in total. The summed E-state index contributed by atoms with van der Waals surface area (Å²) in [6, 6.07) is 20.1. The lowest BCUT2D eigenvalue weighted by atomic mass is 10.1. The second-order valence-electron chi connectivity index (χ2n) is 6.66. The van der Waals surface area contributed by atoms with Crippen molar-refractivity contribution in [3.63, 3.8) is 0 Å². The minimum atomic E-state index is -0.284. The molecule has 2 heterocycles. The molecule has 0 saturated carbocycles. The highest BCUT2D eigenvalue weighted by molar-refractivity contribution is 6.00. The van der Waals surface area contributed by atoms with E-state index in [1.54, 1.807) is 24.5 Å². The van der Waals surface area contributed by atoms with Crippen LogP contribution in [0.1, 0.15) is 27.0 Å². The molecule has 0 fully saturated rings. The minimum Gasteiger partial charge on any atom is -0.342 e. The van der Waals surface area contributed by atoms with Gasteiger partial charge in [-0.1, -0.05) is 48.0 Å². The molecule has 5 nitrogen and oxygen atoms in total. The molecule has 4 aromatic rings. The molecule has 0 aliphatic rings. The lowest BCUT2D eigenvalue weighted by Crippen LogP contribution is -2.17. The van der Waals surface area contributed by atoms with Gasteiger partial charge in [0, 0.05) is 41.6 Å². The molecule has 0 aliphatic heterocycles. The summed E-state index contributed by atoms with van der Waals surface area (Å²) in [5.41, 5.74) is 7.60. The van der Waals surface area contributed by atoms with Crippen LogP contribution in [0, 0.1) is 6.92 Å². The van der Waals surface area contributed by atoms with Crippen molar-refractivity contribution < 1.29 is 4.79 Å². The van der Waals surface area contributed by atoms with Gasteiger partial charge >= 0.3 is 0 Å². The number of aromatic nitrogens is 2. The fraction of sp³-hybridized carbons (Fsp3) is 0.0870. The maximum atomic E-state index is 12.1. The Morgan fingerprint density at radius 1 is 1.14 bits per heavy atom. The maximum Gasteiger partial charge on any atom is 0.272 e. The van der Waals surface area contributed by atoms with E-state index in [4.69, 9.17) is 0 Å². The van der Waals surface area contributed by atoms with Gasteiger partial charge in [-0.25, -0.2) is 5.43 Å². The molecule has 28 heavy (non-hydrogen) atoms. The Bertz CT molecular complexity index is 1150. The van der Waals surface area contributed by atoms with Crippen molar-refractivity contribution in [2.75, 3.05) is 0 Å². The second kappa shape index (κ2) is 7.88. The summed E-state index contributed by atoms with van der Waals surface area (Å²) in [5.74, 6) is -0.284. The highest BCUT2D eigenvalue weighted by atomic mass is 16.2. The van der Waals surface area contributed by atoms with E-state index < -0.39 is 0 Å². The molecule has 0 aliphatic carbocycles. The summed E-state index contributed by atoms with van der Waals surface area (Å²) in [4.78, 5) is 16.1. The summed E-state index contributed by atoms with van der Waals surface area (Å²) in [6.45, 7) is 2.87. The Morgan fingerprint density at radius 3 is 2.86 bits per heavy atom. The van der Waals surface area contributed by atoms with E-state index in [0.717, 1.165) is 23.0 Å². The number of rotatable bonds is 5. The quantitative estimate of drug-likeness (QED) is 0.425. The van der Waals surface area contributed by atoms with Crippen molar-refractivity contribution in [1.82, 2.24) is 15.0 Å². The molecule has 2 aromatic heterocycles. The number of amides is 1. The smallest absolute Gasteiger partial charge is 0.272 e. The van der Waals surface area contributed by atoms with Crippen LogP contribution in [-0.2, 0) is 6.54 Å². The average molecular weight is 368 g/mol. The lowest BCUT2D eigenvalue weighted by Gasteiger charge is -2.06. The fourth-order valence-electron chi connectivity index (χ4n) is 3.24. The van der Waals surface area contributed by atoms with Crippen LogP contribution in [0.4, 0.5) is 0 Å². The van der Waals surface area contributed by atoms with Crippen molar-refractivity contribution >= 4 is 23.0 Å². The number of hydrogen-bond donors (Lipinski definition) is 1. The molecule has 0 unspecified atom stereocenters. The van der Waals surface area contributed by atoms with Crippen LogP contribution in [0.25, 0.3) is 10.9 Å². The Labute approximate surface area is 163 Å². The van der Waals surface area contributed by atoms with E-state index in [9.17, 15) is 4.79 Å². The molecule has 2 aromatic carbocycles. The third-order valence-electron chi connectivity index (χ3n) is 4.55. The van der Waals surface area contributed by atoms with Gasteiger partial charge in [0.05, 0.1) is 11.8 Å².